The zero-order chi connectivity index (χ0) is 21.8. The van der Waals surface area contributed by atoms with Gasteiger partial charge in [0.25, 0.3) is 5.56 Å². The van der Waals surface area contributed by atoms with Gasteiger partial charge in [0.1, 0.15) is 16.8 Å². The fourth-order valence-electron chi connectivity index (χ4n) is 3.81. The average Bonchev–Trinajstić information content (AvgIpc) is 3.25. The lowest BCUT2D eigenvalue weighted by atomic mass is 9.97. The number of carbonyl (C=O) groups excluding carboxylic acids is 1. The lowest BCUT2D eigenvalue weighted by molar-refractivity contribution is -0.125. The van der Waals surface area contributed by atoms with Crippen LogP contribution in [0.1, 0.15) is 31.7 Å². The topological polar surface area (TPSA) is 89.3 Å². The Balaban J connectivity index is 1.55. The number of thiazole rings is 1. The number of piperidine rings is 1. The van der Waals surface area contributed by atoms with E-state index in [0.717, 1.165) is 42.3 Å². The molecular formula is C22H27N5O3S. The number of amides is 1. The molecule has 0 spiro atoms. The summed E-state index contributed by atoms with van der Waals surface area (Å²) >= 11 is 1.36. The molecule has 1 unspecified atom stereocenters. The van der Waals surface area contributed by atoms with Crippen molar-refractivity contribution in [2.45, 2.75) is 32.7 Å². The number of methoxy groups -OCH3 is 1. The van der Waals surface area contributed by atoms with Crippen LogP contribution in [0.2, 0.25) is 0 Å². The van der Waals surface area contributed by atoms with Crippen LogP contribution >= 0.6 is 11.3 Å². The highest BCUT2D eigenvalue weighted by molar-refractivity contribution is 7.22. The van der Waals surface area contributed by atoms with E-state index in [4.69, 9.17) is 4.74 Å². The highest BCUT2D eigenvalue weighted by Gasteiger charge is 2.27. The van der Waals surface area contributed by atoms with Crippen LogP contribution < -0.4 is 20.5 Å². The van der Waals surface area contributed by atoms with Crippen molar-refractivity contribution in [1.82, 2.24) is 19.9 Å². The zero-order valence-corrected chi connectivity index (χ0v) is 18.7. The van der Waals surface area contributed by atoms with Crippen molar-refractivity contribution in [3.8, 4) is 5.75 Å². The Morgan fingerprint density at radius 2 is 2.26 bits per heavy atom. The summed E-state index contributed by atoms with van der Waals surface area (Å²) in [5.41, 5.74) is 1.32. The van der Waals surface area contributed by atoms with Crippen LogP contribution in [0.3, 0.4) is 0 Å². The van der Waals surface area contributed by atoms with Crippen LogP contribution in [0.25, 0.3) is 10.3 Å². The number of ether oxygens (including phenoxy) is 1. The molecule has 3 aromatic rings. The summed E-state index contributed by atoms with van der Waals surface area (Å²) in [7, 11) is 1.62. The summed E-state index contributed by atoms with van der Waals surface area (Å²) in [4.78, 5) is 36.6. The summed E-state index contributed by atoms with van der Waals surface area (Å²) in [5, 5.41) is 3.75. The molecule has 1 fully saturated rings. The Morgan fingerprint density at radius 1 is 1.39 bits per heavy atom. The van der Waals surface area contributed by atoms with Gasteiger partial charge in [0.05, 0.1) is 19.6 Å². The molecule has 1 aliphatic heterocycles. The van der Waals surface area contributed by atoms with E-state index in [0.29, 0.717) is 30.0 Å². The molecule has 8 nitrogen and oxygen atoms in total. The number of fused-ring (bicyclic) bond motifs is 1. The predicted molar refractivity (Wildman–Crippen MR) is 122 cm³/mol. The quantitative estimate of drug-likeness (QED) is 0.606. The van der Waals surface area contributed by atoms with Crippen molar-refractivity contribution in [3.63, 3.8) is 0 Å². The van der Waals surface area contributed by atoms with E-state index in [2.05, 4.69) is 20.2 Å². The Labute approximate surface area is 184 Å². The van der Waals surface area contributed by atoms with Gasteiger partial charge in [-0.25, -0.2) is 4.98 Å². The van der Waals surface area contributed by atoms with Crippen molar-refractivity contribution >= 4 is 32.7 Å². The first kappa shape index (κ1) is 21.3. The van der Waals surface area contributed by atoms with Gasteiger partial charge in [-0.1, -0.05) is 30.4 Å². The minimum absolute atomic E-state index is 0.0509. The summed E-state index contributed by atoms with van der Waals surface area (Å²) in [6.45, 7) is 4.61. The second-order valence-electron chi connectivity index (χ2n) is 7.75. The summed E-state index contributed by atoms with van der Waals surface area (Å²) in [6, 6.07) is 7.64. The summed E-state index contributed by atoms with van der Waals surface area (Å²) in [6.07, 6.45) is 4.27. The van der Waals surface area contributed by atoms with Gasteiger partial charge >= 0.3 is 0 Å². The maximum Gasteiger partial charge on any atom is 0.273 e. The molecule has 164 valence electrons. The lowest BCUT2D eigenvalue weighted by Gasteiger charge is -2.31. The van der Waals surface area contributed by atoms with Crippen molar-refractivity contribution in [2.24, 2.45) is 5.92 Å². The monoisotopic (exact) mass is 441 g/mol. The maximum absolute atomic E-state index is 13.1. The Hall–Kier alpha value is -2.94. The smallest absolute Gasteiger partial charge is 0.273 e. The third-order valence-corrected chi connectivity index (χ3v) is 6.56. The number of carbonyl (C=O) groups is 1. The minimum Gasteiger partial charge on any atom is -0.497 e. The molecule has 0 saturated carbocycles. The maximum atomic E-state index is 13.1. The number of nitrogens with zero attached hydrogens (tertiary/aromatic N) is 4. The third kappa shape index (κ3) is 4.71. The Morgan fingerprint density at radius 3 is 3.06 bits per heavy atom. The van der Waals surface area contributed by atoms with Crippen molar-refractivity contribution in [3.05, 3.63) is 46.5 Å². The van der Waals surface area contributed by atoms with Crippen LogP contribution in [-0.4, -0.2) is 47.2 Å². The van der Waals surface area contributed by atoms with Crippen LogP contribution in [0, 0.1) is 5.92 Å². The van der Waals surface area contributed by atoms with E-state index < -0.39 is 0 Å². The first-order valence-corrected chi connectivity index (χ1v) is 11.4. The van der Waals surface area contributed by atoms with E-state index in [1.54, 1.807) is 18.0 Å². The molecule has 31 heavy (non-hydrogen) atoms. The third-order valence-electron chi connectivity index (χ3n) is 5.47. The second kappa shape index (κ2) is 9.47. The minimum atomic E-state index is -0.106. The molecule has 1 saturated heterocycles. The molecule has 0 aliphatic carbocycles. The van der Waals surface area contributed by atoms with Gasteiger partial charge in [-0.3, -0.25) is 14.2 Å². The molecule has 1 atom stereocenters. The van der Waals surface area contributed by atoms with Gasteiger partial charge in [-0.15, -0.1) is 0 Å². The number of aromatic nitrogens is 3. The highest BCUT2D eigenvalue weighted by Crippen LogP contribution is 2.29. The second-order valence-corrected chi connectivity index (χ2v) is 8.73. The van der Waals surface area contributed by atoms with Crippen LogP contribution in [0.15, 0.2) is 35.4 Å². The number of benzene rings is 1. The molecule has 1 N–H and O–H groups in total. The fourth-order valence-corrected chi connectivity index (χ4v) is 4.81. The molecule has 0 radical (unpaired) electrons. The predicted octanol–water partition coefficient (Wildman–Crippen LogP) is 2.65. The molecule has 1 amide bonds. The van der Waals surface area contributed by atoms with Gasteiger partial charge in [0.15, 0.2) is 10.8 Å². The van der Waals surface area contributed by atoms with E-state index in [9.17, 15) is 9.59 Å². The largest absolute Gasteiger partial charge is 0.497 e. The molecule has 3 heterocycles. The standard InChI is InChI=1S/C22H27N5O3S/c1-3-9-23-20(28)16-7-5-10-26(13-16)22-25-19-18(31-22)21(29)27(14-24-19)12-15-6-4-8-17(11-15)30-2/h4,6,8,11,14,16H,3,5,7,9-10,12-13H2,1-2H3,(H,23,28). The number of anilines is 1. The zero-order valence-electron chi connectivity index (χ0n) is 17.8. The average molecular weight is 442 g/mol. The number of rotatable bonds is 7. The van der Waals surface area contributed by atoms with E-state index in [-0.39, 0.29) is 17.4 Å². The molecule has 0 bridgehead atoms. The van der Waals surface area contributed by atoms with Crippen molar-refractivity contribution < 1.29 is 9.53 Å². The lowest BCUT2D eigenvalue weighted by Crippen LogP contribution is -2.43. The first-order chi connectivity index (χ1) is 15.1. The van der Waals surface area contributed by atoms with Crippen molar-refractivity contribution in [2.75, 3.05) is 31.6 Å². The van der Waals surface area contributed by atoms with Crippen LogP contribution in [0.5, 0.6) is 5.75 Å². The van der Waals surface area contributed by atoms with Gasteiger partial charge < -0.3 is 15.0 Å². The number of hydrogen-bond donors (Lipinski definition) is 1. The fraction of sp³-hybridized carbons (Fsp3) is 0.455. The summed E-state index contributed by atoms with van der Waals surface area (Å²) in [5.74, 6) is 0.804. The van der Waals surface area contributed by atoms with Crippen molar-refractivity contribution in [1.29, 1.82) is 0 Å². The molecule has 9 heteroatoms. The molecular weight excluding hydrogens is 414 g/mol. The van der Waals surface area contributed by atoms with Crippen LogP contribution in [-0.2, 0) is 11.3 Å². The SMILES string of the molecule is CCCNC(=O)C1CCCN(c2nc3ncn(Cc4cccc(OC)c4)c(=O)c3s2)C1. The number of hydrogen-bond acceptors (Lipinski definition) is 7. The van der Waals surface area contributed by atoms with Crippen LogP contribution in [0.4, 0.5) is 5.13 Å². The van der Waals surface area contributed by atoms with Gasteiger partial charge in [-0.2, -0.15) is 4.98 Å². The normalized spacial score (nSPS) is 16.5. The molecule has 1 aromatic carbocycles. The van der Waals surface area contributed by atoms with E-state index in [1.165, 1.54) is 11.3 Å². The Kier molecular flexibility index (Phi) is 6.50. The molecule has 2 aromatic heterocycles. The summed E-state index contributed by atoms with van der Waals surface area (Å²) < 4.78 is 7.40. The molecule has 1 aliphatic rings. The van der Waals surface area contributed by atoms with Gasteiger partial charge in [-0.05, 0) is 37.0 Å². The number of nitrogens with one attached hydrogen (secondary N) is 1. The first-order valence-electron chi connectivity index (χ1n) is 10.6. The van der Waals surface area contributed by atoms with Gasteiger partial charge in [0.2, 0.25) is 5.91 Å². The highest BCUT2D eigenvalue weighted by atomic mass is 32.1. The van der Waals surface area contributed by atoms with Gasteiger partial charge in [0, 0.05) is 19.6 Å². The molecule has 4 rings (SSSR count). The van der Waals surface area contributed by atoms with E-state index >= 15 is 0 Å². The van der Waals surface area contributed by atoms with E-state index in [1.807, 2.05) is 31.2 Å². The Bertz CT molecular complexity index is 1130.